The molecule has 0 spiro atoms. The molecule has 25 heavy (non-hydrogen) atoms. The lowest BCUT2D eigenvalue weighted by Crippen LogP contribution is -2.34. The molecule has 5 heteroatoms. The van der Waals surface area contributed by atoms with E-state index in [2.05, 4.69) is 10.3 Å². The zero-order valence-electron chi connectivity index (χ0n) is 15.0. The number of ether oxygens (including phenoxy) is 1. The fourth-order valence-electron chi connectivity index (χ4n) is 2.92. The molecule has 0 bridgehead atoms. The largest absolute Gasteiger partial charge is 0.443 e. The van der Waals surface area contributed by atoms with E-state index in [4.69, 9.17) is 4.74 Å². The molecule has 3 rings (SSSR count). The topological polar surface area (TPSA) is 54.5 Å². The Balaban J connectivity index is 1.89. The summed E-state index contributed by atoms with van der Waals surface area (Å²) >= 11 is 0. The second-order valence-electron chi connectivity index (χ2n) is 7.25. The number of benzene rings is 1. The van der Waals surface area contributed by atoms with E-state index in [-0.39, 0.29) is 0 Å². The van der Waals surface area contributed by atoms with Crippen molar-refractivity contribution in [3.63, 3.8) is 0 Å². The number of hydrogen-bond acceptors (Lipinski definition) is 4. The minimum Gasteiger partial charge on any atom is -0.443 e. The Morgan fingerprint density at radius 3 is 2.52 bits per heavy atom. The van der Waals surface area contributed by atoms with Crippen molar-refractivity contribution < 1.29 is 9.53 Å². The van der Waals surface area contributed by atoms with E-state index < -0.39 is 11.7 Å². The van der Waals surface area contributed by atoms with Gasteiger partial charge in [0, 0.05) is 12.2 Å². The molecule has 1 saturated heterocycles. The number of para-hydroxylation sites is 1. The van der Waals surface area contributed by atoms with Crippen LogP contribution in [-0.2, 0) is 4.74 Å². The predicted octanol–water partition coefficient (Wildman–Crippen LogP) is 4.58. The lowest BCUT2D eigenvalue weighted by Gasteiger charge is -2.27. The first-order chi connectivity index (χ1) is 11.9. The highest BCUT2D eigenvalue weighted by atomic mass is 16.6. The van der Waals surface area contributed by atoms with Crippen LogP contribution >= 0.6 is 0 Å². The van der Waals surface area contributed by atoms with Gasteiger partial charge in [-0.3, -0.25) is 0 Å². The summed E-state index contributed by atoms with van der Waals surface area (Å²) in [7, 11) is 0. The standard InChI is InChI=1S/C20H25N3O2/c1-20(2,3)25-19(24)23(16-8-5-4-6-9-16)18-12-11-15(14-22-18)17-10-7-13-21-17/h4-6,8-9,11-12,14,17,21H,7,10,13H2,1-3H3. The van der Waals surface area contributed by atoms with Gasteiger partial charge in [-0.2, -0.15) is 0 Å². The smallest absolute Gasteiger partial charge is 0.420 e. The molecule has 1 amide bonds. The maximum atomic E-state index is 12.8. The van der Waals surface area contributed by atoms with Crippen LogP contribution in [0.1, 0.15) is 45.2 Å². The highest BCUT2D eigenvalue weighted by molar-refractivity contribution is 5.95. The third-order valence-electron chi connectivity index (χ3n) is 4.05. The number of carbonyl (C=O) groups is 1. The number of anilines is 2. The average molecular weight is 339 g/mol. The van der Waals surface area contributed by atoms with Gasteiger partial charge in [0.15, 0.2) is 0 Å². The molecule has 1 aliphatic heterocycles. The summed E-state index contributed by atoms with van der Waals surface area (Å²) in [6.45, 7) is 6.61. The third kappa shape index (κ3) is 4.37. The van der Waals surface area contributed by atoms with Gasteiger partial charge in [0.05, 0.1) is 5.69 Å². The van der Waals surface area contributed by atoms with Crippen molar-refractivity contribution in [2.24, 2.45) is 0 Å². The Labute approximate surface area is 149 Å². The highest BCUT2D eigenvalue weighted by Crippen LogP contribution is 2.28. The van der Waals surface area contributed by atoms with Crippen molar-refractivity contribution in [2.45, 2.75) is 45.3 Å². The summed E-state index contributed by atoms with van der Waals surface area (Å²) in [6, 6.07) is 13.7. The van der Waals surface area contributed by atoms with E-state index >= 15 is 0 Å². The van der Waals surface area contributed by atoms with Gasteiger partial charge in [0.2, 0.25) is 0 Å². The highest BCUT2D eigenvalue weighted by Gasteiger charge is 2.26. The van der Waals surface area contributed by atoms with Crippen molar-refractivity contribution in [3.8, 4) is 0 Å². The SMILES string of the molecule is CC(C)(C)OC(=O)N(c1ccccc1)c1ccc(C2CCCN2)cn1. The van der Waals surface area contributed by atoms with E-state index in [1.807, 2.05) is 69.4 Å². The molecule has 2 heterocycles. The first-order valence-corrected chi connectivity index (χ1v) is 8.71. The Bertz CT molecular complexity index is 702. The summed E-state index contributed by atoms with van der Waals surface area (Å²) in [5.41, 5.74) is 1.31. The normalized spacial score (nSPS) is 17.3. The summed E-state index contributed by atoms with van der Waals surface area (Å²) < 4.78 is 5.57. The van der Waals surface area contributed by atoms with Crippen LogP contribution in [0.15, 0.2) is 48.7 Å². The molecule has 1 aliphatic rings. The van der Waals surface area contributed by atoms with Gasteiger partial charge in [-0.25, -0.2) is 14.7 Å². The fourth-order valence-corrected chi connectivity index (χ4v) is 2.92. The quantitative estimate of drug-likeness (QED) is 0.889. The van der Waals surface area contributed by atoms with Crippen molar-refractivity contribution in [2.75, 3.05) is 11.4 Å². The molecule has 0 aliphatic carbocycles. The average Bonchev–Trinajstić information content (AvgIpc) is 3.09. The molecule has 1 atom stereocenters. The molecule has 1 aromatic carbocycles. The van der Waals surface area contributed by atoms with Gasteiger partial charge in [0.1, 0.15) is 11.4 Å². The summed E-state index contributed by atoms with van der Waals surface area (Å²) in [5, 5.41) is 3.46. The first-order valence-electron chi connectivity index (χ1n) is 8.71. The van der Waals surface area contributed by atoms with E-state index in [1.165, 1.54) is 11.3 Å². The number of pyridine rings is 1. The fraction of sp³-hybridized carbons (Fsp3) is 0.400. The lowest BCUT2D eigenvalue weighted by molar-refractivity contribution is 0.0598. The molecule has 1 N–H and O–H groups in total. The molecule has 1 fully saturated rings. The van der Waals surface area contributed by atoms with Gasteiger partial charge in [0.25, 0.3) is 0 Å². The number of amides is 1. The van der Waals surface area contributed by atoms with Gasteiger partial charge >= 0.3 is 6.09 Å². The zero-order valence-corrected chi connectivity index (χ0v) is 15.0. The van der Waals surface area contributed by atoms with Gasteiger partial charge in [-0.15, -0.1) is 0 Å². The maximum absolute atomic E-state index is 12.8. The van der Waals surface area contributed by atoms with E-state index in [9.17, 15) is 4.79 Å². The molecule has 1 aromatic heterocycles. The second kappa shape index (κ2) is 7.23. The van der Waals surface area contributed by atoms with Crippen molar-refractivity contribution in [1.82, 2.24) is 10.3 Å². The Kier molecular flexibility index (Phi) is 5.04. The second-order valence-corrected chi connectivity index (χ2v) is 7.25. The number of aromatic nitrogens is 1. The molecule has 1 unspecified atom stereocenters. The summed E-state index contributed by atoms with van der Waals surface area (Å²) in [5.74, 6) is 0.558. The lowest BCUT2D eigenvalue weighted by atomic mass is 10.1. The third-order valence-corrected chi connectivity index (χ3v) is 4.05. The molecular formula is C20H25N3O2. The Morgan fingerprint density at radius 1 is 1.20 bits per heavy atom. The predicted molar refractivity (Wildman–Crippen MR) is 99.0 cm³/mol. The number of nitrogens with zero attached hydrogens (tertiary/aromatic N) is 2. The molecule has 0 saturated carbocycles. The number of nitrogens with one attached hydrogen (secondary N) is 1. The van der Waals surface area contributed by atoms with Gasteiger partial charge < -0.3 is 10.1 Å². The van der Waals surface area contributed by atoms with E-state index in [0.29, 0.717) is 11.9 Å². The Morgan fingerprint density at radius 2 is 1.96 bits per heavy atom. The molecule has 2 aromatic rings. The number of carbonyl (C=O) groups excluding carboxylic acids is 1. The number of rotatable bonds is 3. The molecule has 0 radical (unpaired) electrons. The van der Waals surface area contributed by atoms with Crippen molar-refractivity contribution >= 4 is 17.6 Å². The van der Waals surface area contributed by atoms with Crippen LogP contribution < -0.4 is 10.2 Å². The van der Waals surface area contributed by atoms with Crippen LogP contribution in [0.5, 0.6) is 0 Å². The monoisotopic (exact) mass is 339 g/mol. The maximum Gasteiger partial charge on any atom is 0.420 e. The van der Waals surface area contributed by atoms with Crippen LogP contribution in [-0.4, -0.2) is 23.2 Å². The zero-order chi connectivity index (χ0) is 17.9. The minimum absolute atomic E-state index is 0.355. The van der Waals surface area contributed by atoms with Crippen LogP contribution in [0.25, 0.3) is 0 Å². The molecular weight excluding hydrogens is 314 g/mol. The van der Waals surface area contributed by atoms with E-state index in [1.54, 1.807) is 0 Å². The van der Waals surface area contributed by atoms with E-state index in [0.717, 1.165) is 24.2 Å². The Hall–Kier alpha value is -2.40. The van der Waals surface area contributed by atoms with Crippen LogP contribution in [0, 0.1) is 0 Å². The van der Waals surface area contributed by atoms with Crippen molar-refractivity contribution in [3.05, 3.63) is 54.2 Å². The van der Waals surface area contributed by atoms with Gasteiger partial charge in [-0.05, 0) is 63.9 Å². The van der Waals surface area contributed by atoms with Gasteiger partial charge in [-0.1, -0.05) is 24.3 Å². The van der Waals surface area contributed by atoms with Crippen molar-refractivity contribution in [1.29, 1.82) is 0 Å². The molecule has 5 nitrogen and oxygen atoms in total. The molecule has 132 valence electrons. The van der Waals surface area contributed by atoms with Crippen LogP contribution in [0.2, 0.25) is 0 Å². The summed E-state index contributed by atoms with van der Waals surface area (Å²) in [6.07, 6.45) is 3.71. The van der Waals surface area contributed by atoms with Crippen LogP contribution in [0.4, 0.5) is 16.3 Å². The minimum atomic E-state index is -0.572. The number of hydrogen-bond donors (Lipinski definition) is 1. The van der Waals surface area contributed by atoms with Crippen LogP contribution in [0.3, 0.4) is 0 Å². The first kappa shape index (κ1) is 17.4. The summed E-state index contributed by atoms with van der Waals surface area (Å²) in [4.78, 5) is 18.8.